The molecule has 0 aliphatic carbocycles. The van der Waals surface area contributed by atoms with Gasteiger partial charge in [0.25, 0.3) is 0 Å². The molecule has 3 aromatic rings. The molecule has 0 saturated carbocycles. The first kappa shape index (κ1) is 18.5. The number of para-hydroxylation sites is 2. The lowest BCUT2D eigenvalue weighted by Crippen LogP contribution is -3.13. The van der Waals surface area contributed by atoms with Crippen molar-refractivity contribution < 1.29 is 4.90 Å². The zero-order valence-corrected chi connectivity index (χ0v) is 16.2. The molecular formula is C20H23ClN7+. The first-order chi connectivity index (χ1) is 13.7. The fourth-order valence-corrected chi connectivity index (χ4v) is 3.56. The smallest absolute Gasteiger partial charge is 0.232 e. The zero-order chi connectivity index (χ0) is 19.3. The molecule has 0 atom stereocenters. The van der Waals surface area contributed by atoms with Crippen LogP contribution in [0.25, 0.3) is 0 Å². The molecule has 2 aromatic carbocycles. The van der Waals surface area contributed by atoms with Crippen molar-refractivity contribution in [3.05, 3.63) is 65.4 Å². The Labute approximate surface area is 169 Å². The second kappa shape index (κ2) is 8.41. The minimum atomic E-state index is 0.210. The minimum Gasteiger partial charge on any atom is -0.368 e. The van der Waals surface area contributed by atoms with E-state index in [0.717, 1.165) is 31.9 Å². The second-order valence-corrected chi connectivity index (χ2v) is 7.19. The number of benzene rings is 2. The number of nitrogen functional groups attached to an aromatic ring is 1. The highest BCUT2D eigenvalue weighted by Crippen LogP contribution is 2.23. The van der Waals surface area contributed by atoms with Crippen molar-refractivity contribution in [2.24, 2.45) is 0 Å². The first-order valence-corrected chi connectivity index (χ1v) is 9.71. The summed E-state index contributed by atoms with van der Waals surface area (Å²) in [6, 6.07) is 18.0. The van der Waals surface area contributed by atoms with Gasteiger partial charge in [-0.2, -0.15) is 15.0 Å². The van der Waals surface area contributed by atoms with Gasteiger partial charge in [0.2, 0.25) is 11.9 Å². The van der Waals surface area contributed by atoms with Crippen molar-refractivity contribution >= 4 is 34.9 Å². The van der Waals surface area contributed by atoms with E-state index < -0.39 is 0 Å². The molecule has 0 bridgehead atoms. The third-order valence-electron chi connectivity index (χ3n) is 4.82. The van der Waals surface area contributed by atoms with E-state index in [0.29, 0.717) is 23.3 Å². The van der Waals surface area contributed by atoms with Gasteiger partial charge in [-0.1, -0.05) is 41.9 Å². The van der Waals surface area contributed by atoms with Gasteiger partial charge in [-0.25, -0.2) is 0 Å². The standard InChI is InChI=1S/C20H22ClN7/c21-16-8-4-5-9-17(16)23-20-25-18(24-19(22)26-20)14-27-10-12-28(13-11-27)15-6-2-1-3-7-15/h1-9H,10-14H2,(H3,22,23,24,25,26)/p+1. The number of halogens is 1. The number of anilines is 4. The molecule has 7 nitrogen and oxygen atoms in total. The third-order valence-corrected chi connectivity index (χ3v) is 5.15. The van der Waals surface area contributed by atoms with E-state index >= 15 is 0 Å². The number of hydrogen-bond acceptors (Lipinski definition) is 6. The molecule has 8 heteroatoms. The molecule has 4 rings (SSSR count). The lowest BCUT2D eigenvalue weighted by atomic mass is 10.2. The molecule has 2 heterocycles. The van der Waals surface area contributed by atoms with Crippen LogP contribution in [0, 0.1) is 0 Å². The molecule has 0 amide bonds. The van der Waals surface area contributed by atoms with Crippen LogP contribution >= 0.6 is 11.6 Å². The maximum absolute atomic E-state index is 6.20. The summed E-state index contributed by atoms with van der Waals surface area (Å²) in [4.78, 5) is 16.9. The van der Waals surface area contributed by atoms with E-state index in [1.54, 1.807) is 0 Å². The van der Waals surface area contributed by atoms with Gasteiger partial charge in [0.05, 0.1) is 36.9 Å². The van der Waals surface area contributed by atoms with Gasteiger partial charge >= 0.3 is 0 Å². The number of quaternary nitrogens is 1. The van der Waals surface area contributed by atoms with Crippen LogP contribution in [0.15, 0.2) is 54.6 Å². The molecule has 1 fully saturated rings. The molecule has 4 N–H and O–H groups in total. The van der Waals surface area contributed by atoms with Gasteiger partial charge in [0.15, 0.2) is 5.82 Å². The van der Waals surface area contributed by atoms with Crippen LogP contribution in [0.1, 0.15) is 5.82 Å². The monoisotopic (exact) mass is 396 g/mol. The molecule has 1 saturated heterocycles. The van der Waals surface area contributed by atoms with Crippen LogP contribution in [0.4, 0.5) is 23.3 Å². The lowest BCUT2D eigenvalue weighted by Gasteiger charge is -2.33. The molecule has 1 aliphatic heterocycles. The minimum absolute atomic E-state index is 0.210. The van der Waals surface area contributed by atoms with E-state index in [2.05, 4.69) is 49.4 Å². The summed E-state index contributed by atoms with van der Waals surface area (Å²) in [6.45, 7) is 4.77. The van der Waals surface area contributed by atoms with E-state index in [1.807, 2.05) is 30.3 Å². The Bertz CT molecular complexity index is 927. The van der Waals surface area contributed by atoms with Crippen LogP contribution in [-0.4, -0.2) is 41.1 Å². The summed E-state index contributed by atoms with van der Waals surface area (Å²) >= 11 is 6.20. The van der Waals surface area contributed by atoms with Crippen molar-refractivity contribution in [3.63, 3.8) is 0 Å². The summed E-state index contributed by atoms with van der Waals surface area (Å²) in [5.41, 5.74) is 7.92. The van der Waals surface area contributed by atoms with Crippen molar-refractivity contribution in [1.82, 2.24) is 15.0 Å². The Morgan fingerprint density at radius 1 is 0.964 bits per heavy atom. The Balaban J connectivity index is 1.40. The molecule has 1 aliphatic rings. The fourth-order valence-electron chi connectivity index (χ4n) is 3.38. The van der Waals surface area contributed by atoms with Crippen molar-refractivity contribution in [2.75, 3.05) is 42.1 Å². The van der Waals surface area contributed by atoms with Gasteiger partial charge in [-0.05, 0) is 24.3 Å². The average Bonchev–Trinajstić information content (AvgIpc) is 2.71. The maximum Gasteiger partial charge on any atom is 0.232 e. The molecule has 144 valence electrons. The van der Waals surface area contributed by atoms with Gasteiger partial charge in [-0.3, -0.25) is 0 Å². The topological polar surface area (TPSA) is 84.4 Å². The van der Waals surface area contributed by atoms with Crippen LogP contribution in [-0.2, 0) is 6.54 Å². The number of rotatable bonds is 5. The average molecular weight is 397 g/mol. The van der Waals surface area contributed by atoms with E-state index in [1.165, 1.54) is 10.6 Å². The molecule has 0 radical (unpaired) electrons. The van der Waals surface area contributed by atoms with Crippen molar-refractivity contribution in [2.45, 2.75) is 6.54 Å². The van der Waals surface area contributed by atoms with E-state index in [4.69, 9.17) is 17.3 Å². The number of nitrogens with one attached hydrogen (secondary N) is 2. The Morgan fingerprint density at radius 2 is 1.68 bits per heavy atom. The molecular weight excluding hydrogens is 374 g/mol. The van der Waals surface area contributed by atoms with Gasteiger partial charge in [0.1, 0.15) is 6.54 Å². The second-order valence-electron chi connectivity index (χ2n) is 6.79. The molecule has 0 spiro atoms. The SMILES string of the molecule is Nc1nc(C[NH+]2CCN(c3ccccc3)CC2)nc(Nc2ccccc2Cl)n1. The number of piperazine rings is 1. The Morgan fingerprint density at radius 3 is 2.43 bits per heavy atom. The largest absolute Gasteiger partial charge is 0.368 e. The summed E-state index contributed by atoms with van der Waals surface area (Å²) in [5, 5.41) is 3.73. The number of aromatic nitrogens is 3. The Kier molecular flexibility index (Phi) is 5.55. The summed E-state index contributed by atoms with van der Waals surface area (Å²) < 4.78 is 0. The highest BCUT2D eigenvalue weighted by atomic mass is 35.5. The summed E-state index contributed by atoms with van der Waals surface area (Å²) in [5.74, 6) is 1.31. The first-order valence-electron chi connectivity index (χ1n) is 9.33. The lowest BCUT2D eigenvalue weighted by molar-refractivity contribution is -0.915. The predicted octanol–water partition coefficient (Wildman–Crippen LogP) is 1.76. The Hall–Kier alpha value is -2.90. The quantitative estimate of drug-likeness (QED) is 0.609. The summed E-state index contributed by atoms with van der Waals surface area (Å²) in [6.07, 6.45) is 0. The highest BCUT2D eigenvalue weighted by molar-refractivity contribution is 6.33. The highest BCUT2D eigenvalue weighted by Gasteiger charge is 2.21. The van der Waals surface area contributed by atoms with Crippen LogP contribution < -0.4 is 20.9 Å². The molecule has 28 heavy (non-hydrogen) atoms. The van der Waals surface area contributed by atoms with E-state index in [9.17, 15) is 0 Å². The van der Waals surface area contributed by atoms with Crippen molar-refractivity contribution in [3.8, 4) is 0 Å². The normalized spacial score (nSPS) is 14.8. The fraction of sp³-hybridized carbons (Fsp3) is 0.250. The third kappa shape index (κ3) is 4.49. The predicted molar refractivity (Wildman–Crippen MR) is 112 cm³/mol. The molecule has 1 aromatic heterocycles. The number of nitrogens with two attached hydrogens (primary N) is 1. The number of hydrogen-bond donors (Lipinski definition) is 3. The van der Waals surface area contributed by atoms with Crippen LogP contribution in [0.3, 0.4) is 0 Å². The van der Waals surface area contributed by atoms with Crippen LogP contribution in [0.2, 0.25) is 5.02 Å². The molecule has 0 unspecified atom stereocenters. The van der Waals surface area contributed by atoms with Gasteiger partial charge < -0.3 is 20.9 Å². The van der Waals surface area contributed by atoms with Crippen molar-refractivity contribution in [1.29, 1.82) is 0 Å². The van der Waals surface area contributed by atoms with Crippen LogP contribution in [0.5, 0.6) is 0 Å². The van der Waals surface area contributed by atoms with Gasteiger partial charge in [-0.15, -0.1) is 0 Å². The maximum atomic E-state index is 6.20. The summed E-state index contributed by atoms with van der Waals surface area (Å²) in [7, 11) is 0. The zero-order valence-electron chi connectivity index (χ0n) is 15.5. The van der Waals surface area contributed by atoms with E-state index in [-0.39, 0.29) is 5.95 Å². The number of nitrogens with zero attached hydrogens (tertiary/aromatic N) is 4. The van der Waals surface area contributed by atoms with Gasteiger partial charge in [0, 0.05) is 5.69 Å².